The van der Waals surface area contributed by atoms with Crippen LogP contribution in [0.4, 0.5) is 0 Å². The van der Waals surface area contributed by atoms with E-state index in [2.05, 4.69) is 11.8 Å². The maximum absolute atomic E-state index is 13.1. The highest BCUT2D eigenvalue weighted by Gasteiger charge is 2.14. The maximum atomic E-state index is 13.1. The van der Waals surface area contributed by atoms with E-state index in [1.165, 1.54) is 11.3 Å². The van der Waals surface area contributed by atoms with Gasteiger partial charge in [0, 0.05) is 24.5 Å². The molecule has 0 amide bonds. The normalized spacial score (nSPS) is 11.2. The molecule has 0 spiro atoms. The van der Waals surface area contributed by atoms with Crippen LogP contribution in [0.2, 0.25) is 0 Å². The average molecular weight is 480 g/mol. The summed E-state index contributed by atoms with van der Waals surface area (Å²) in [5, 5.41) is 1.97. The molecule has 4 aromatic rings. The van der Waals surface area contributed by atoms with Crippen molar-refractivity contribution in [3.63, 3.8) is 0 Å². The molecule has 4 rings (SSSR count). The molecule has 0 aliphatic heterocycles. The minimum absolute atomic E-state index is 0.0744. The number of benzene rings is 2. The van der Waals surface area contributed by atoms with Gasteiger partial charge in [0.05, 0.1) is 32.7 Å². The molecule has 0 aliphatic rings. The molecular formula is C26H29N3O4S. The molecule has 0 radical (unpaired) electrons. The standard InChI is InChI=1S/C26H29N3O4S/c1-5-12-28(15-18-6-11-23(32-3)24(13-18)33-4)16-20-14-25(30)29-22(17-34-26(29)27-20)19-7-9-21(31-2)10-8-19/h6-11,13-14,17H,5,12,15-16H2,1-4H3. The van der Waals surface area contributed by atoms with Crippen molar-refractivity contribution in [2.24, 2.45) is 0 Å². The number of hydrogen-bond acceptors (Lipinski definition) is 7. The molecule has 0 unspecified atom stereocenters. The lowest BCUT2D eigenvalue weighted by Gasteiger charge is -2.22. The van der Waals surface area contributed by atoms with E-state index < -0.39 is 0 Å². The SMILES string of the molecule is CCCN(Cc1ccc(OC)c(OC)c1)Cc1cc(=O)n2c(-c3ccc(OC)cc3)csc2n1. The van der Waals surface area contributed by atoms with Gasteiger partial charge < -0.3 is 14.2 Å². The molecule has 0 atom stereocenters. The monoisotopic (exact) mass is 479 g/mol. The molecule has 8 heteroatoms. The lowest BCUT2D eigenvalue weighted by Crippen LogP contribution is -2.26. The number of aromatic nitrogens is 2. The molecular weight excluding hydrogens is 450 g/mol. The summed E-state index contributed by atoms with van der Waals surface area (Å²) in [6.45, 7) is 4.34. The van der Waals surface area contributed by atoms with Crippen LogP contribution in [0.3, 0.4) is 0 Å². The molecule has 0 aliphatic carbocycles. The minimum Gasteiger partial charge on any atom is -0.497 e. The zero-order valence-electron chi connectivity index (χ0n) is 19.9. The van der Waals surface area contributed by atoms with Crippen molar-refractivity contribution in [2.75, 3.05) is 27.9 Å². The minimum atomic E-state index is -0.0744. The Morgan fingerprint density at radius 1 is 0.941 bits per heavy atom. The first-order chi connectivity index (χ1) is 16.6. The number of hydrogen-bond donors (Lipinski definition) is 0. The second-order valence-electron chi connectivity index (χ2n) is 7.95. The average Bonchev–Trinajstić information content (AvgIpc) is 3.28. The van der Waals surface area contributed by atoms with Gasteiger partial charge in [-0.3, -0.25) is 14.1 Å². The molecule has 0 N–H and O–H groups in total. The fourth-order valence-corrected chi connectivity index (χ4v) is 4.93. The van der Waals surface area contributed by atoms with Crippen LogP contribution in [0.1, 0.15) is 24.6 Å². The Morgan fingerprint density at radius 2 is 1.71 bits per heavy atom. The summed E-state index contributed by atoms with van der Waals surface area (Å²) in [6.07, 6.45) is 0.995. The third kappa shape index (κ3) is 5.08. The third-order valence-electron chi connectivity index (χ3n) is 5.62. The van der Waals surface area contributed by atoms with E-state index >= 15 is 0 Å². The van der Waals surface area contributed by atoms with Gasteiger partial charge in [-0.25, -0.2) is 4.98 Å². The fourth-order valence-electron chi connectivity index (χ4n) is 4.00. The van der Waals surface area contributed by atoms with Gasteiger partial charge in [0.2, 0.25) is 0 Å². The van der Waals surface area contributed by atoms with E-state index in [4.69, 9.17) is 19.2 Å². The first kappa shape index (κ1) is 23.8. The van der Waals surface area contributed by atoms with Crippen LogP contribution in [0.5, 0.6) is 17.2 Å². The van der Waals surface area contributed by atoms with E-state index in [1.54, 1.807) is 31.8 Å². The predicted molar refractivity (Wildman–Crippen MR) is 135 cm³/mol. The Kier molecular flexibility index (Phi) is 7.49. The highest BCUT2D eigenvalue weighted by molar-refractivity contribution is 7.15. The van der Waals surface area contributed by atoms with Gasteiger partial charge in [-0.2, -0.15) is 0 Å². The largest absolute Gasteiger partial charge is 0.497 e. The van der Waals surface area contributed by atoms with Crippen LogP contribution in [0, 0.1) is 0 Å². The number of thiazole rings is 1. The van der Waals surface area contributed by atoms with Gasteiger partial charge in [0.1, 0.15) is 5.75 Å². The first-order valence-electron chi connectivity index (χ1n) is 11.1. The van der Waals surface area contributed by atoms with Crippen LogP contribution >= 0.6 is 11.3 Å². The van der Waals surface area contributed by atoms with Crippen LogP contribution in [0.25, 0.3) is 16.2 Å². The summed E-state index contributed by atoms with van der Waals surface area (Å²) in [5.41, 5.74) is 3.59. The fraction of sp³-hybridized carbons (Fsp3) is 0.308. The van der Waals surface area contributed by atoms with E-state index in [1.807, 2.05) is 47.8 Å². The van der Waals surface area contributed by atoms with Crippen LogP contribution in [-0.4, -0.2) is 42.2 Å². The zero-order valence-corrected chi connectivity index (χ0v) is 20.7. The topological polar surface area (TPSA) is 65.3 Å². The number of fused-ring (bicyclic) bond motifs is 1. The van der Waals surface area contributed by atoms with Gasteiger partial charge in [-0.1, -0.05) is 13.0 Å². The van der Waals surface area contributed by atoms with Gasteiger partial charge in [-0.15, -0.1) is 11.3 Å². The van der Waals surface area contributed by atoms with Crippen LogP contribution in [-0.2, 0) is 13.1 Å². The van der Waals surface area contributed by atoms with Crippen molar-refractivity contribution < 1.29 is 14.2 Å². The second-order valence-corrected chi connectivity index (χ2v) is 8.79. The second kappa shape index (κ2) is 10.7. The Balaban J connectivity index is 1.59. The number of methoxy groups -OCH3 is 3. The molecule has 0 fully saturated rings. The van der Waals surface area contributed by atoms with E-state index in [0.717, 1.165) is 47.8 Å². The lowest BCUT2D eigenvalue weighted by molar-refractivity contribution is 0.253. The molecule has 178 valence electrons. The van der Waals surface area contributed by atoms with Gasteiger partial charge >= 0.3 is 0 Å². The van der Waals surface area contributed by atoms with Gasteiger partial charge in [0.15, 0.2) is 16.5 Å². The van der Waals surface area contributed by atoms with Crippen molar-refractivity contribution in [1.29, 1.82) is 0 Å². The van der Waals surface area contributed by atoms with E-state index in [0.29, 0.717) is 23.0 Å². The quantitative estimate of drug-likeness (QED) is 0.324. The summed E-state index contributed by atoms with van der Waals surface area (Å²) in [6, 6.07) is 15.3. The van der Waals surface area contributed by atoms with Gasteiger partial charge in [-0.05, 0) is 60.5 Å². The van der Waals surface area contributed by atoms with E-state index in [-0.39, 0.29) is 5.56 Å². The molecule has 2 aromatic carbocycles. The molecule has 7 nitrogen and oxygen atoms in total. The first-order valence-corrected chi connectivity index (χ1v) is 12.0. The smallest absolute Gasteiger partial charge is 0.259 e. The van der Waals surface area contributed by atoms with Crippen LogP contribution in [0.15, 0.2) is 58.7 Å². The predicted octanol–water partition coefficient (Wildman–Crippen LogP) is 4.86. The van der Waals surface area contributed by atoms with Crippen molar-refractivity contribution >= 4 is 16.3 Å². The van der Waals surface area contributed by atoms with Gasteiger partial charge in [0.25, 0.3) is 5.56 Å². The summed E-state index contributed by atoms with van der Waals surface area (Å²) < 4.78 is 17.7. The Morgan fingerprint density at radius 3 is 2.38 bits per heavy atom. The van der Waals surface area contributed by atoms with Crippen molar-refractivity contribution in [3.05, 3.63) is 75.5 Å². The number of ether oxygens (including phenoxy) is 3. The van der Waals surface area contributed by atoms with Crippen LogP contribution < -0.4 is 19.8 Å². The highest BCUT2D eigenvalue weighted by atomic mass is 32.1. The molecule has 0 bridgehead atoms. The van der Waals surface area contributed by atoms with Crippen molar-refractivity contribution in [3.8, 4) is 28.5 Å². The highest BCUT2D eigenvalue weighted by Crippen LogP contribution is 2.29. The lowest BCUT2D eigenvalue weighted by atomic mass is 10.1. The summed E-state index contributed by atoms with van der Waals surface area (Å²) in [5.74, 6) is 2.19. The molecule has 2 aromatic heterocycles. The van der Waals surface area contributed by atoms with E-state index in [9.17, 15) is 4.79 Å². The zero-order chi connectivity index (χ0) is 24.1. The number of rotatable bonds is 10. The Labute approximate surface area is 203 Å². The van der Waals surface area contributed by atoms with Crippen molar-refractivity contribution in [2.45, 2.75) is 26.4 Å². The molecule has 34 heavy (non-hydrogen) atoms. The molecule has 0 saturated carbocycles. The maximum Gasteiger partial charge on any atom is 0.259 e. The molecule has 0 saturated heterocycles. The van der Waals surface area contributed by atoms with Crippen molar-refractivity contribution in [1.82, 2.24) is 14.3 Å². The summed E-state index contributed by atoms with van der Waals surface area (Å²) in [7, 11) is 4.91. The number of nitrogens with zero attached hydrogens (tertiary/aromatic N) is 3. The Hall–Kier alpha value is -3.36. The third-order valence-corrected chi connectivity index (χ3v) is 6.45. The summed E-state index contributed by atoms with van der Waals surface area (Å²) in [4.78, 5) is 20.9. The molecule has 2 heterocycles. The summed E-state index contributed by atoms with van der Waals surface area (Å²) >= 11 is 1.47. The Bertz CT molecular complexity index is 1310.